The molecule has 2 atom stereocenters. The van der Waals surface area contributed by atoms with E-state index in [1.165, 1.54) is 12.1 Å². The first-order chi connectivity index (χ1) is 11.3. The van der Waals surface area contributed by atoms with Gasteiger partial charge in [-0.15, -0.1) is 0 Å². The lowest BCUT2D eigenvalue weighted by Crippen LogP contribution is -2.51. The quantitative estimate of drug-likeness (QED) is 0.838. The van der Waals surface area contributed by atoms with Crippen molar-refractivity contribution >= 4 is 15.7 Å². The molecule has 1 aliphatic heterocycles. The third kappa shape index (κ3) is 4.95. The van der Waals surface area contributed by atoms with E-state index in [4.69, 9.17) is 10.5 Å². The first kappa shape index (κ1) is 18.7. The summed E-state index contributed by atoms with van der Waals surface area (Å²) < 4.78 is 28.4. The average Bonchev–Trinajstić information content (AvgIpc) is 2.54. The van der Waals surface area contributed by atoms with Gasteiger partial charge in [-0.3, -0.25) is 4.79 Å². The number of carbonyl (C=O) groups excluding carboxylic acids is 1. The molecule has 0 radical (unpaired) electrons. The summed E-state index contributed by atoms with van der Waals surface area (Å²) in [4.78, 5) is 14.5. The molecule has 1 heterocycles. The first-order valence-electron chi connectivity index (χ1n) is 8.27. The number of carbonyl (C=O) groups is 1. The Morgan fingerprint density at radius 3 is 2.58 bits per heavy atom. The summed E-state index contributed by atoms with van der Waals surface area (Å²) in [7, 11) is -3.21. The number of nitrogens with two attached hydrogens (primary N) is 1. The van der Waals surface area contributed by atoms with Crippen molar-refractivity contribution in [2.24, 2.45) is 5.73 Å². The van der Waals surface area contributed by atoms with Crippen LogP contribution in [0.1, 0.15) is 32.6 Å². The summed E-state index contributed by atoms with van der Waals surface area (Å²) in [5.41, 5.74) is 5.99. The molecule has 0 spiro atoms. The highest BCUT2D eigenvalue weighted by atomic mass is 32.2. The van der Waals surface area contributed by atoms with Gasteiger partial charge in [0.1, 0.15) is 5.75 Å². The molecule has 24 heavy (non-hydrogen) atoms. The van der Waals surface area contributed by atoms with Gasteiger partial charge in [-0.1, -0.05) is 0 Å². The average molecular weight is 354 g/mol. The topological polar surface area (TPSA) is 89.7 Å². The van der Waals surface area contributed by atoms with E-state index in [2.05, 4.69) is 0 Å². The lowest BCUT2D eigenvalue weighted by Gasteiger charge is -2.38. The van der Waals surface area contributed by atoms with Crippen LogP contribution >= 0.6 is 0 Å². The minimum absolute atomic E-state index is 0.0290. The van der Waals surface area contributed by atoms with E-state index in [9.17, 15) is 13.2 Å². The molecule has 0 aromatic heterocycles. The predicted octanol–water partition coefficient (Wildman–Crippen LogP) is 1.59. The van der Waals surface area contributed by atoms with Crippen LogP contribution in [-0.4, -0.2) is 50.7 Å². The molecule has 0 aliphatic carbocycles. The molecule has 2 N–H and O–H groups in total. The smallest absolute Gasteiger partial charge is 0.226 e. The van der Waals surface area contributed by atoms with Crippen LogP contribution in [0.4, 0.5) is 0 Å². The van der Waals surface area contributed by atoms with E-state index < -0.39 is 9.84 Å². The van der Waals surface area contributed by atoms with Crippen LogP contribution in [0.15, 0.2) is 29.2 Å². The number of hydrogen-bond donors (Lipinski definition) is 1. The molecule has 1 amide bonds. The molecule has 2 unspecified atom stereocenters. The monoisotopic (exact) mass is 354 g/mol. The Balaban J connectivity index is 1.86. The second kappa shape index (κ2) is 7.98. The summed E-state index contributed by atoms with van der Waals surface area (Å²) in [5, 5.41) is 0. The molecule has 1 aromatic carbocycles. The summed E-state index contributed by atoms with van der Waals surface area (Å²) in [6, 6.07) is 6.30. The second-order valence-electron chi connectivity index (χ2n) is 6.35. The molecule has 1 aliphatic rings. The zero-order valence-electron chi connectivity index (χ0n) is 14.3. The van der Waals surface area contributed by atoms with Crippen LogP contribution in [0, 0.1) is 0 Å². The van der Waals surface area contributed by atoms with Crippen LogP contribution in [0.3, 0.4) is 0 Å². The van der Waals surface area contributed by atoms with E-state index in [1.54, 1.807) is 12.1 Å². The lowest BCUT2D eigenvalue weighted by atomic mass is 9.96. The molecular formula is C17H26N2O4S. The van der Waals surface area contributed by atoms with E-state index in [0.29, 0.717) is 5.75 Å². The van der Waals surface area contributed by atoms with Crippen LogP contribution in [0.5, 0.6) is 5.75 Å². The molecular weight excluding hydrogens is 328 g/mol. The predicted molar refractivity (Wildman–Crippen MR) is 92.7 cm³/mol. The van der Waals surface area contributed by atoms with Gasteiger partial charge >= 0.3 is 0 Å². The first-order valence-corrected chi connectivity index (χ1v) is 10.2. The highest BCUT2D eigenvalue weighted by Crippen LogP contribution is 2.20. The molecule has 1 fully saturated rings. The molecule has 1 aromatic rings. The van der Waals surface area contributed by atoms with Gasteiger partial charge < -0.3 is 15.4 Å². The Labute approximate surface area is 143 Å². The van der Waals surface area contributed by atoms with Crippen molar-refractivity contribution in [2.75, 3.05) is 19.4 Å². The third-order valence-electron chi connectivity index (χ3n) is 4.31. The van der Waals surface area contributed by atoms with Gasteiger partial charge in [0.25, 0.3) is 0 Å². The van der Waals surface area contributed by atoms with E-state index >= 15 is 0 Å². The number of nitrogens with zero attached hydrogens (tertiary/aromatic N) is 1. The second-order valence-corrected chi connectivity index (χ2v) is 8.37. The number of benzene rings is 1. The van der Waals surface area contributed by atoms with Crippen LogP contribution in [-0.2, 0) is 14.6 Å². The number of amides is 1. The standard InChI is InChI=1S/C17H26N2O4S/c1-13(18)16-5-3-4-11-19(16)17(20)10-12-23-14-6-8-15(9-7-14)24(2,21)22/h6-9,13,16H,3-5,10-12,18H2,1-2H3. The Kier molecular flexibility index (Phi) is 6.23. The number of sulfone groups is 1. The Hall–Kier alpha value is -1.60. The van der Waals surface area contributed by atoms with Crippen molar-refractivity contribution in [3.8, 4) is 5.75 Å². The SMILES string of the molecule is CC(N)C1CCCCN1C(=O)CCOc1ccc(S(C)(=O)=O)cc1. The van der Waals surface area contributed by atoms with Gasteiger partial charge in [0.2, 0.25) is 5.91 Å². The van der Waals surface area contributed by atoms with E-state index in [0.717, 1.165) is 32.1 Å². The Morgan fingerprint density at radius 1 is 1.33 bits per heavy atom. The van der Waals surface area contributed by atoms with Crippen LogP contribution in [0.2, 0.25) is 0 Å². The fourth-order valence-corrected chi connectivity index (χ4v) is 3.63. The van der Waals surface area contributed by atoms with Crippen LogP contribution < -0.4 is 10.5 Å². The minimum atomic E-state index is -3.21. The van der Waals surface area contributed by atoms with Gasteiger partial charge in [0.15, 0.2) is 9.84 Å². The number of piperidine rings is 1. The summed E-state index contributed by atoms with van der Waals surface area (Å²) in [6.45, 7) is 2.96. The highest BCUT2D eigenvalue weighted by Gasteiger charge is 2.28. The van der Waals surface area contributed by atoms with E-state index in [1.807, 2.05) is 11.8 Å². The van der Waals surface area contributed by atoms with Crippen LogP contribution in [0.25, 0.3) is 0 Å². The van der Waals surface area contributed by atoms with Crippen molar-refractivity contribution < 1.29 is 17.9 Å². The maximum absolute atomic E-state index is 12.4. The molecule has 6 nitrogen and oxygen atoms in total. The minimum Gasteiger partial charge on any atom is -0.493 e. The molecule has 1 saturated heterocycles. The van der Waals surface area contributed by atoms with E-state index in [-0.39, 0.29) is 35.9 Å². The van der Waals surface area contributed by atoms with Gasteiger partial charge in [0.05, 0.1) is 17.9 Å². The number of hydrogen-bond acceptors (Lipinski definition) is 5. The van der Waals surface area contributed by atoms with Crippen molar-refractivity contribution in [3.63, 3.8) is 0 Å². The molecule has 7 heteroatoms. The summed E-state index contributed by atoms with van der Waals surface area (Å²) >= 11 is 0. The Morgan fingerprint density at radius 2 is 2.00 bits per heavy atom. The largest absolute Gasteiger partial charge is 0.493 e. The van der Waals surface area contributed by atoms with Crippen molar-refractivity contribution in [3.05, 3.63) is 24.3 Å². The van der Waals surface area contributed by atoms with Gasteiger partial charge in [-0.2, -0.15) is 0 Å². The fraction of sp³-hybridized carbons (Fsp3) is 0.588. The zero-order chi connectivity index (χ0) is 17.7. The maximum Gasteiger partial charge on any atom is 0.226 e. The Bertz CT molecular complexity index is 656. The number of likely N-dealkylation sites (tertiary alicyclic amines) is 1. The van der Waals surface area contributed by atoms with Gasteiger partial charge in [0, 0.05) is 24.9 Å². The number of rotatable bonds is 6. The summed E-state index contributed by atoms with van der Waals surface area (Å²) in [5.74, 6) is 0.613. The third-order valence-corrected chi connectivity index (χ3v) is 5.44. The van der Waals surface area contributed by atoms with Crippen molar-refractivity contribution in [2.45, 2.75) is 49.6 Å². The van der Waals surface area contributed by atoms with Crippen molar-refractivity contribution in [1.29, 1.82) is 0 Å². The normalized spacial score (nSPS) is 19.8. The molecule has 0 saturated carbocycles. The molecule has 2 rings (SSSR count). The zero-order valence-corrected chi connectivity index (χ0v) is 15.1. The van der Waals surface area contributed by atoms with Crippen molar-refractivity contribution in [1.82, 2.24) is 4.90 Å². The van der Waals surface area contributed by atoms with Gasteiger partial charge in [-0.25, -0.2) is 8.42 Å². The molecule has 134 valence electrons. The summed E-state index contributed by atoms with van der Waals surface area (Å²) in [6.07, 6.45) is 4.53. The number of ether oxygens (including phenoxy) is 1. The maximum atomic E-state index is 12.4. The lowest BCUT2D eigenvalue weighted by molar-refractivity contribution is -0.135. The fourth-order valence-electron chi connectivity index (χ4n) is 3.00. The highest BCUT2D eigenvalue weighted by molar-refractivity contribution is 7.90. The van der Waals surface area contributed by atoms with Gasteiger partial charge in [-0.05, 0) is 50.5 Å². The molecule has 0 bridgehead atoms.